The first-order valence-corrected chi connectivity index (χ1v) is 8.42. The number of nitrogens with one attached hydrogen (secondary N) is 2. The van der Waals surface area contributed by atoms with Crippen LogP contribution >= 0.6 is 0 Å². The van der Waals surface area contributed by atoms with Crippen LogP contribution in [0.25, 0.3) is 0 Å². The van der Waals surface area contributed by atoms with Crippen LogP contribution in [-0.2, 0) is 7.05 Å². The minimum atomic E-state index is -0.215. The molecule has 136 valence electrons. The third-order valence-electron chi connectivity index (χ3n) is 4.23. The van der Waals surface area contributed by atoms with Crippen LogP contribution in [0, 0.1) is 0 Å². The van der Waals surface area contributed by atoms with Crippen LogP contribution in [0.1, 0.15) is 18.5 Å². The van der Waals surface area contributed by atoms with E-state index in [4.69, 9.17) is 0 Å². The molecule has 2 N–H and O–H groups in total. The molecule has 1 atom stereocenters. The van der Waals surface area contributed by atoms with Gasteiger partial charge in [0, 0.05) is 38.9 Å². The van der Waals surface area contributed by atoms with E-state index in [0.29, 0.717) is 6.54 Å². The minimum absolute atomic E-state index is 0.0630. The Kier molecular flexibility index (Phi) is 6.41. The lowest BCUT2D eigenvalue weighted by Crippen LogP contribution is -2.37. The van der Waals surface area contributed by atoms with Gasteiger partial charge in [-0.25, -0.2) is 4.79 Å². The van der Waals surface area contributed by atoms with Crippen molar-refractivity contribution in [1.82, 2.24) is 20.0 Å². The number of amides is 2. The quantitative estimate of drug-likeness (QED) is 0.809. The highest BCUT2D eigenvalue weighted by Crippen LogP contribution is 2.24. The number of likely N-dealkylation sites (N-methyl/N-ethyl adjacent to an activating group) is 1. The SMILES string of the molecule is CCN(C)c1ccccc1NC(=O)NC[C@H](c1cnn(C)c1)N(C)C. The second-order valence-corrected chi connectivity index (χ2v) is 6.29. The summed E-state index contributed by atoms with van der Waals surface area (Å²) in [7, 11) is 7.87. The summed E-state index contributed by atoms with van der Waals surface area (Å²) < 4.78 is 1.77. The van der Waals surface area contributed by atoms with Crippen molar-refractivity contribution < 1.29 is 4.79 Å². The average molecular weight is 344 g/mol. The Hall–Kier alpha value is -2.54. The molecule has 1 aromatic heterocycles. The van der Waals surface area contributed by atoms with Gasteiger partial charge in [0.15, 0.2) is 0 Å². The smallest absolute Gasteiger partial charge is 0.319 e. The Morgan fingerprint density at radius 3 is 2.60 bits per heavy atom. The summed E-state index contributed by atoms with van der Waals surface area (Å²) in [6.45, 7) is 3.44. The van der Waals surface area contributed by atoms with Crippen LogP contribution in [0.2, 0.25) is 0 Å². The number of aromatic nitrogens is 2. The molecule has 0 aliphatic rings. The Labute approximate surface area is 149 Å². The summed E-state index contributed by atoms with van der Waals surface area (Å²) in [5.41, 5.74) is 2.86. The van der Waals surface area contributed by atoms with Crippen LogP contribution in [0.15, 0.2) is 36.7 Å². The van der Waals surface area contributed by atoms with E-state index in [2.05, 4.69) is 32.5 Å². The number of hydrogen-bond donors (Lipinski definition) is 2. The van der Waals surface area contributed by atoms with Crippen molar-refractivity contribution in [2.75, 3.05) is 44.4 Å². The zero-order valence-corrected chi connectivity index (χ0v) is 15.7. The van der Waals surface area contributed by atoms with Gasteiger partial charge in [-0.05, 0) is 33.2 Å². The van der Waals surface area contributed by atoms with Crippen molar-refractivity contribution in [1.29, 1.82) is 0 Å². The Morgan fingerprint density at radius 1 is 1.28 bits per heavy atom. The molecule has 2 aromatic rings. The highest BCUT2D eigenvalue weighted by molar-refractivity contribution is 5.93. The lowest BCUT2D eigenvalue weighted by atomic mass is 10.1. The van der Waals surface area contributed by atoms with Gasteiger partial charge in [-0.2, -0.15) is 5.10 Å². The van der Waals surface area contributed by atoms with Gasteiger partial charge in [-0.15, -0.1) is 0 Å². The number of benzene rings is 1. The molecule has 0 aliphatic carbocycles. The molecule has 2 amide bonds. The maximum atomic E-state index is 12.4. The predicted octanol–water partition coefficient (Wildman–Crippen LogP) is 2.30. The second-order valence-electron chi connectivity index (χ2n) is 6.29. The van der Waals surface area contributed by atoms with Crippen molar-refractivity contribution in [2.24, 2.45) is 7.05 Å². The van der Waals surface area contributed by atoms with Crippen LogP contribution < -0.4 is 15.5 Å². The van der Waals surface area contributed by atoms with Crippen LogP contribution in [0.3, 0.4) is 0 Å². The standard InChI is InChI=1S/C18H28N6O/c1-6-23(4)16-10-8-7-9-15(16)21-18(25)19-12-17(22(2)3)14-11-20-24(5)13-14/h7-11,13,17H,6,12H2,1-5H3,(H2,19,21,25)/t17-/m1/s1. The number of urea groups is 1. The summed E-state index contributed by atoms with van der Waals surface area (Å²) in [5.74, 6) is 0. The molecule has 0 bridgehead atoms. The zero-order chi connectivity index (χ0) is 18.4. The van der Waals surface area contributed by atoms with E-state index in [1.165, 1.54) is 0 Å². The van der Waals surface area contributed by atoms with E-state index in [1.807, 2.05) is 64.8 Å². The van der Waals surface area contributed by atoms with E-state index >= 15 is 0 Å². The number of nitrogens with zero attached hydrogens (tertiary/aromatic N) is 4. The largest absolute Gasteiger partial charge is 0.373 e. The summed E-state index contributed by atoms with van der Waals surface area (Å²) in [6.07, 6.45) is 3.80. The fourth-order valence-electron chi connectivity index (χ4n) is 2.65. The third-order valence-corrected chi connectivity index (χ3v) is 4.23. The molecular formula is C18H28N6O. The first-order valence-electron chi connectivity index (χ1n) is 8.42. The molecule has 1 aromatic carbocycles. The molecular weight excluding hydrogens is 316 g/mol. The van der Waals surface area contributed by atoms with Gasteiger partial charge in [-0.3, -0.25) is 4.68 Å². The van der Waals surface area contributed by atoms with Crippen LogP contribution in [0.5, 0.6) is 0 Å². The highest BCUT2D eigenvalue weighted by atomic mass is 16.2. The van der Waals surface area contributed by atoms with Gasteiger partial charge in [0.1, 0.15) is 0 Å². The molecule has 1 heterocycles. The maximum Gasteiger partial charge on any atom is 0.319 e. The molecule has 0 unspecified atom stereocenters. The maximum absolute atomic E-state index is 12.4. The van der Waals surface area contributed by atoms with E-state index in [0.717, 1.165) is 23.5 Å². The molecule has 7 heteroatoms. The number of carbonyl (C=O) groups is 1. The number of aryl methyl sites for hydroxylation is 1. The zero-order valence-electron chi connectivity index (χ0n) is 15.7. The molecule has 0 saturated heterocycles. The Morgan fingerprint density at radius 2 is 2.00 bits per heavy atom. The van der Waals surface area contributed by atoms with Crippen molar-refractivity contribution in [3.63, 3.8) is 0 Å². The third kappa shape index (κ3) is 4.96. The lowest BCUT2D eigenvalue weighted by molar-refractivity contribution is 0.243. The van der Waals surface area contributed by atoms with Crippen molar-refractivity contribution in [3.8, 4) is 0 Å². The molecule has 0 spiro atoms. The lowest BCUT2D eigenvalue weighted by Gasteiger charge is -2.24. The monoisotopic (exact) mass is 344 g/mol. The summed E-state index contributed by atoms with van der Waals surface area (Å²) in [6, 6.07) is 7.64. The summed E-state index contributed by atoms with van der Waals surface area (Å²) in [4.78, 5) is 16.5. The number of carbonyl (C=O) groups excluding carboxylic acids is 1. The summed E-state index contributed by atoms with van der Waals surface area (Å²) >= 11 is 0. The molecule has 0 fully saturated rings. The van der Waals surface area contributed by atoms with Crippen molar-refractivity contribution in [3.05, 3.63) is 42.2 Å². The predicted molar refractivity (Wildman–Crippen MR) is 102 cm³/mol. The van der Waals surface area contributed by atoms with Gasteiger partial charge < -0.3 is 20.4 Å². The second kappa shape index (κ2) is 8.53. The Bertz CT molecular complexity index is 696. The number of hydrogen-bond acceptors (Lipinski definition) is 4. The summed E-state index contributed by atoms with van der Waals surface area (Å²) in [5, 5.41) is 10.1. The normalized spacial score (nSPS) is 12.1. The van der Waals surface area contributed by atoms with Crippen LogP contribution in [-0.4, -0.2) is 54.9 Å². The number of anilines is 2. The molecule has 25 heavy (non-hydrogen) atoms. The average Bonchev–Trinajstić information content (AvgIpc) is 3.00. The highest BCUT2D eigenvalue weighted by Gasteiger charge is 2.17. The van der Waals surface area contributed by atoms with Crippen LogP contribution in [0.4, 0.5) is 16.2 Å². The molecule has 0 radical (unpaired) electrons. The minimum Gasteiger partial charge on any atom is -0.373 e. The van der Waals surface area contributed by atoms with Gasteiger partial charge in [0.05, 0.1) is 23.6 Å². The van der Waals surface area contributed by atoms with Gasteiger partial charge >= 0.3 is 6.03 Å². The fraction of sp³-hybridized carbons (Fsp3) is 0.444. The number of para-hydroxylation sites is 2. The van der Waals surface area contributed by atoms with E-state index in [-0.39, 0.29) is 12.1 Å². The van der Waals surface area contributed by atoms with E-state index < -0.39 is 0 Å². The number of rotatable bonds is 7. The first-order chi connectivity index (χ1) is 11.9. The topological polar surface area (TPSA) is 65.4 Å². The van der Waals surface area contributed by atoms with E-state index in [9.17, 15) is 4.79 Å². The van der Waals surface area contributed by atoms with Gasteiger partial charge in [0.2, 0.25) is 0 Å². The van der Waals surface area contributed by atoms with Gasteiger partial charge in [-0.1, -0.05) is 12.1 Å². The molecule has 0 saturated carbocycles. The first kappa shape index (κ1) is 18.8. The van der Waals surface area contributed by atoms with Crippen molar-refractivity contribution in [2.45, 2.75) is 13.0 Å². The van der Waals surface area contributed by atoms with Crippen molar-refractivity contribution >= 4 is 17.4 Å². The molecule has 0 aliphatic heterocycles. The molecule has 2 rings (SSSR count). The van der Waals surface area contributed by atoms with Gasteiger partial charge in [0.25, 0.3) is 0 Å². The Balaban J connectivity index is 2.00. The molecule has 7 nitrogen and oxygen atoms in total. The fourth-order valence-corrected chi connectivity index (χ4v) is 2.65. The van der Waals surface area contributed by atoms with E-state index in [1.54, 1.807) is 4.68 Å².